The van der Waals surface area contributed by atoms with E-state index in [1.54, 1.807) is 57.8 Å². The maximum atomic E-state index is 11.7. The Hall–Kier alpha value is -2.85. The monoisotopic (exact) mass is 925 g/mol. The van der Waals surface area contributed by atoms with Gasteiger partial charge in [0.15, 0.2) is 0 Å². The number of hydrogen-bond donors (Lipinski definition) is 5. The predicted octanol–water partition coefficient (Wildman–Crippen LogP) is 5.40. The standard InChI is InChI=1S/C13H12O2S.C12H11NO2S.C9H9BrO2.C4H5BO2S.CH4O.CH4.K.H2O/c1-9-5-6-10(12-4-3-7-16-12)11(8-9)13(14)15-2;1-8-4-5-9(11-3-2-6-16-11)10(7-8)12(14)13-15;1-6-3-4-8(10)7(5-6)9(11)12-2;6-5(7)4-2-1-3-8-4;1-2;;;/h3-8H,1-2H3;2-7,15H,1H3,(H,13,14);3-5H,1-2H3;1-3,6-7H;2H,1H3;1H4;;1H2/q;;;;;;+1;/p-1. The van der Waals surface area contributed by atoms with Crippen LogP contribution in [0.15, 0.2) is 112 Å². The van der Waals surface area contributed by atoms with Crippen LogP contribution in [-0.4, -0.2) is 72.1 Å². The molecule has 57 heavy (non-hydrogen) atoms. The molecule has 0 saturated carbocycles. The van der Waals surface area contributed by atoms with Crippen molar-refractivity contribution in [3.63, 3.8) is 0 Å². The molecular weight excluding hydrogens is 880 g/mol. The van der Waals surface area contributed by atoms with Crippen LogP contribution in [0.25, 0.3) is 20.9 Å². The fourth-order valence-corrected chi connectivity index (χ4v) is 7.01. The van der Waals surface area contributed by atoms with Crippen molar-refractivity contribution in [3.8, 4) is 20.9 Å². The summed E-state index contributed by atoms with van der Waals surface area (Å²) >= 11 is 7.78. The summed E-state index contributed by atoms with van der Waals surface area (Å²) < 4.78 is 10.8. The Morgan fingerprint density at radius 3 is 1.44 bits per heavy atom. The van der Waals surface area contributed by atoms with Crippen LogP contribution < -0.4 is 61.6 Å². The summed E-state index contributed by atoms with van der Waals surface area (Å²) in [5.41, 5.74) is 8.22. The molecule has 17 heteroatoms. The second kappa shape index (κ2) is 30.2. The van der Waals surface area contributed by atoms with E-state index in [0.29, 0.717) is 21.5 Å². The first-order chi connectivity index (χ1) is 25.9. The molecule has 1 amide bonds. The molecule has 3 aromatic heterocycles. The molecule has 0 bridgehead atoms. The van der Waals surface area contributed by atoms with Gasteiger partial charge in [-0.3, -0.25) is 10.0 Å². The topological polar surface area (TPSA) is 193 Å². The van der Waals surface area contributed by atoms with E-state index < -0.39 is 13.0 Å². The van der Waals surface area contributed by atoms with E-state index in [2.05, 4.69) is 20.7 Å². The molecule has 6 N–H and O–H groups in total. The molecule has 6 rings (SSSR count). The molecular formula is C40H46BBrKNO10S3. The molecule has 300 valence electrons. The third-order valence-electron chi connectivity index (χ3n) is 7.00. The number of hydroxylamine groups is 1. The number of methoxy groups -OCH3 is 2. The fraction of sp³-hybridized carbons (Fsp3) is 0.175. The van der Waals surface area contributed by atoms with Gasteiger partial charge in [0.1, 0.15) is 0 Å². The normalized spacial score (nSPS) is 9.11. The van der Waals surface area contributed by atoms with Crippen LogP contribution in [0.3, 0.4) is 0 Å². The molecule has 6 aromatic rings. The number of rotatable bonds is 6. The van der Waals surface area contributed by atoms with E-state index in [1.807, 2.05) is 98.3 Å². The maximum absolute atomic E-state index is 11.7. The molecule has 0 fully saturated rings. The van der Waals surface area contributed by atoms with E-state index >= 15 is 0 Å². The number of aryl methyl sites for hydroxylation is 3. The zero-order chi connectivity index (χ0) is 40.2. The van der Waals surface area contributed by atoms with Gasteiger partial charge in [-0.15, -0.1) is 22.7 Å². The second-order valence-corrected chi connectivity index (χ2v) is 14.6. The van der Waals surface area contributed by atoms with Crippen molar-refractivity contribution in [2.24, 2.45) is 0 Å². The largest absolute Gasteiger partial charge is 1.00 e. The number of amides is 1. The average Bonchev–Trinajstić information content (AvgIpc) is 4.02. The number of hydrogen-bond acceptors (Lipinski definition) is 13. The number of carbonyl (C=O) groups is 3. The number of thiophene rings is 3. The molecule has 0 unspecified atom stereocenters. The molecule has 0 atom stereocenters. The molecule has 0 saturated heterocycles. The first-order valence-electron chi connectivity index (χ1n) is 15.9. The number of benzene rings is 3. The van der Waals surface area contributed by atoms with Crippen LogP contribution in [0.1, 0.15) is 55.2 Å². The van der Waals surface area contributed by atoms with E-state index in [0.717, 1.165) is 49.2 Å². The van der Waals surface area contributed by atoms with Crippen molar-refractivity contribution in [2.75, 3.05) is 21.3 Å². The van der Waals surface area contributed by atoms with Gasteiger partial charge in [-0.2, -0.15) is 11.3 Å². The van der Waals surface area contributed by atoms with Crippen molar-refractivity contribution >= 4 is 79.7 Å². The second-order valence-electron chi connectivity index (χ2n) is 10.8. The molecule has 0 aliphatic carbocycles. The number of halogens is 1. The van der Waals surface area contributed by atoms with E-state index in [-0.39, 0.29) is 76.2 Å². The summed E-state index contributed by atoms with van der Waals surface area (Å²) in [5.74, 6) is -1.08. The van der Waals surface area contributed by atoms with Crippen molar-refractivity contribution < 1.29 is 101 Å². The summed E-state index contributed by atoms with van der Waals surface area (Å²) in [6.45, 7) is 5.80. The summed E-state index contributed by atoms with van der Waals surface area (Å²) in [7, 11) is 2.48. The van der Waals surface area contributed by atoms with Gasteiger partial charge in [0.25, 0.3) is 5.91 Å². The van der Waals surface area contributed by atoms with Crippen LogP contribution in [0.2, 0.25) is 0 Å². The van der Waals surface area contributed by atoms with E-state index in [9.17, 15) is 14.4 Å². The van der Waals surface area contributed by atoms with Crippen LogP contribution in [0.5, 0.6) is 0 Å². The van der Waals surface area contributed by atoms with E-state index in [4.69, 9.17) is 25.1 Å². The average molecular weight is 927 g/mol. The molecule has 0 aliphatic rings. The Bertz CT molecular complexity index is 1950. The number of aliphatic hydroxyl groups excluding tert-OH is 1. The minimum Gasteiger partial charge on any atom is -0.870 e. The Balaban J connectivity index is 0. The van der Waals surface area contributed by atoms with Gasteiger partial charge in [0.2, 0.25) is 0 Å². The quantitative estimate of drug-likeness (QED) is 0.0626. The van der Waals surface area contributed by atoms with Gasteiger partial charge in [0.05, 0.1) is 30.9 Å². The van der Waals surface area contributed by atoms with Gasteiger partial charge in [-0.1, -0.05) is 78.7 Å². The Morgan fingerprint density at radius 2 is 1.05 bits per heavy atom. The number of aliphatic hydroxyl groups is 1. The zero-order valence-electron chi connectivity index (χ0n) is 31.8. The minimum atomic E-state index is -1.30. The van der Waals surface area contributed by atoms with Crippen LogP contribution in [0.4, 0.5) is 0 Å². The van der Waals surface area contributed by atoms with Crippen molar-refractivity contribution in [1.82, 2.24) is 5.48 Å². The van der Waals surface area contributed by atoms with Crippen molar-refractivity contribution in [3.05, 3.63) is 145 Å². The Kier molecular flexibility index (Phi) is 29.8. The Morgan fingerprint density at radius 1 is 0.649 bits per heavy atom. The third-order valence-corrected chi connectivity index (χ3v) is 10.4. The van der Waals surface area contributed by atoms with Crippen LogP contribution in [0, 0.1) is 20.8 Å². The van der Waals surface area contributed by atoms with Crippen LogP contribution >= 0.6 is 49.9 Å². The fourth-order valence-electron chi connectivity index (χ4n) is 4.48. The van der Waals surface area contributed by atoms with Gasteiger partial charge < -0.3 is 30.1 Å². The molecule has 0 radical (unpaired) electrons. The van der Waals surface area contributed by atoms with Crippen molar-refractivity contribution in [1.29, 1.82) is 0 Å². The van der Waals surface area contributed by atoms with Crippen molar-refractivity contribution in [2.45, 2.75) is 28.2 Å². The zero-order valence-corrected chi connectivity index (χ0v) is 39.0. The number of ether oxygens (including phenoxy) is 2. The number of nitrogens with one attached hydrogen (secondary N) is 1. The molecule has 3 heterocycles. The van der Waals surface area contributed by atoms with Gasteiger partial charge in [0, 0.05) is 37.2 Å². The smallest absolute Gasteiger partial charge is 0.870 e. The maximum Gasteiger partial charge on any atom is 1.00 e. The van der Waals surface area contributed by atoms with E-state index in [1.165, 1.54) is 25.6 Å². The van der Waals surface area contributed by atoms with Gasteiger partial charge in [-0.05, 0) is 89.2 Å². The SMILES string of the molecule is C.CO.COC(=O)c1cc(C)ccc1-c1cccs1.COC(=O)c1cc(C)ccc1Br.Cc1ccc(-c2cccs2)c(C(=O)NO)c1.OB(O)c1cccs1.[K+].[OH-]. The summed E-state index contributed by atoms with van der Waals surface area (Å²) in [4.78, 5) is 36.4. The summed E-state index contributed by atoms with van der Waals surface area (Å²) in [6.07, 6.45) is 0. The predicted molar refractivity (Wildman–Crippen MR) is 231 cm³/mol. The first-order valence-corrected chi connectivity index (χ1v) is 19.3. The number of carbonyl (C=O) groups excluding carboxylic acids is 3. The summed E-state index contributed by atoms with van der Waals surface area (Å²) in [6, 6.07) is 28.3. The van der Waals surface area contributed by atoms with Gasteiger partial charge >= 0.3 is 70.4 Å². The molecule has 11 nitrogen and oxygen atoms in total. The third kappa shape index (κ3) is 18.3. The Labute approximate surface area is 397 Å². The molecule has 3 aromatic carbocycles. The minimum absolute atomic E-state index is 0. The molecule has 0 spiro atoms. The van der Waals surface area contributed by atoms with Crippen LogP contribution in [-0.2, 0) is 9.47 Å². The van der Waals surface area contributed by atoms with Gasteiger partial charge in [-0.25, -0.2) is 15.1 Å². The number of esters is 2. The first kappa shape index (κ1) is 56.2. The molecule has 0 aliphatic heterocycles. The summed E-state index contributed by atoms with van der Waals surface area (Å²) in [5, 5.41) is 38.4.